The average Bonchev–Trinajstić information content (AvgIpc) is 3.56. The average molecular weight is 674 g/mol. The second-order valence-electron chi connectivity index (χ2n) is 11.5. The Labute approximate surface area is 281 Å². The molecular weight excluding hydrogens is 614 g/mol. The summed E-state index contributed by atoms with van der Waals surface area (Å²) >= 11 is 1.65. The smallest absolute Gasteiger partial charge is 0.316 e. The van der Waals surface area contributed by atoms with Crippen molar-refractivity contribution < 1.29 is 35.4 Å². The van der Waals surface area contributed by atoms with E-state index in [1.54, 1.807) is 29.8 Å². The summed E-state index contributed by atoms with van der Waals surface area (Å²) in [6.45, 7) is 6.07. The molecule has 0 bridgehead atoms. The van der Waals surface area contributed by atoms with Gasteiger partial charge in [-0.15, -0.1) is 0 Å². The zero-order valence-electron chi connectivity index (χ0n) is 27.6. The molecule has 0 saturated heterocycles. The summed E-state index contributed by atoms with van der Waals surface area (Å²) in [5, 5.41) is 2.04. The van der Waals surface area contributed by atoms with Crippen molar-refractivity contribution in [1.29, 1.82) is 0 Å². The van der Waals surface area contributed by atoms with Gasteiger partial charge in [0.05, 0.1) is 24.3 Å². The molecule has 0 aromatic carbocycles. The van der Waals surface area contributed by atoms with E-state index in [1.807, 2.05) is 11.6 Å². The van der Waals surface area contributed by atoms with Crippen LogP contribution in [0.2, 0.25) is 0 Å². The Morgan fingerprint density at radius 1 is 0.818 bits per heavy atom. The quantitative estimate of drug-likeness (QED) is 0.0792. The normalized spacial score (nSPS) is 13.3. The van der Waals surface area contributed by atoms with Crippen LogP contribution >= 0.6 is 11.3 Å². The van der Waals surface area contributed by atoms with Gasteiger partial charge in [0, 0.05) is 42.0 Å². The second-order valence-corrected chi connectivity index (χ2v) is 13.9. The summed E-state index contributed by atoms with van der Waals surface area (Å²) in [6, 6.07) is 2.06. The van der Waals surface area contributed by atoms with Gasteiger partial charge in [-0.3, -0.25) is 4.21 Å². The van der Waals surface area contributed by atoms with Gasteiger partial charge in [0.2, 0.25) is 5.51 Å². The number of ether oxygens (including phenoxy) is 3. The van der Waals surface area contributed by atoms with Gasteiger partial charge in [0.1, 0.15) is 6.10 Å². The molecule has 0 saturated carbocycles. The summed E-state index contributed by atoms with van der Waals surface area (Å²) in [6.07, 6.45) is 28.4. The van der Waals surface area contributed by atoms with Gasteiger partial charge in [-0.2, -0.15) is 4.57 Å². The molecule has 10 heteroatoms. The van der Waals surface area contributed by atoms with Gasteiger partial charge in [0.25, 0.3) is 6.23 Å². The zero-order valence-corrected chi connectivity index (χ0v) is 29.9. The summed E-state index contributed by atoms with van der Waals surface area (Å²) in [7, 11) is -1.04. The molecule has 0 radical (unpaired) electrons. The highest BCUT2D eigenvalue weighted by atomic mass is 35.5. The van der Waals surface area contributed by atoms with Crippen LogP contribution < -0.4 is 21.7 Å². The predicted molar refractivity (Wildman–Crippen MR) is 179 cm³/mol. The molecule has 0 fully saturated rings. The lowest BCUT2D eigenvalue weighted by molar-refractivity contribution is -0.758. The minimum absolute atomic E-state index is 0. The Hall–Kier alpha value is -1.13. The fraction of sp³-hybridized carbons (Fsp3) is 0.794. The maximum atomic E-state index is 12.9. The van der Waals surface area contributed by atoms with E-state index >= 15 is 0 Å². The molecule has 3 atom stereocenters. The van der Waals surface area contributed by atoms with Crippen molar-refractivity contribution in [2.75, 3.05) is 31.3 Å². The lowest BCUT2D eigenvalue weighted by Gasteiger charge is -2.18. The molecule has 7 nitrogen and oxygen atoms in total. The van der Waals surface area contributed by atoms with Crippen molar-refractivity contribution in [3.63, 3.8) is 0 Å². The second kappa shape index (κ2) is 29.3. The molecule has 0 aliphatic carbocycles. The van der Waals surface area contributed by atoms with Crippen molar-refractivity contribution >= 4 is 22.1 Å². The first-order valence-corrected chi connectivity index (χ1v) is 19.6. The van der Waals surface area contributed by atoms with Crippen LogP contribution in [0.5, 0.6) is 6.01 Å². The van der Waals surface area contributed by atoms with E-state index in [0.717, 1.165) is 19.3 Å². The van der Waals surface area contributed by atoms with Crippen LogP contribution in [0.15, 0.2) is 35.5 Å². The van der Waals surface area contributed by atoms with Gasteiger partial charge >= 0.3 is 6.01 Å². The third kappa shape index (κ3) is 21.6. The Morgan fingerprint density at radius 3 is 1.95 bits per heavy atom. The Bertz CT molecular complexity index is 896. The molecule has 2 heterocycles. The van der Waals surface area contributed by atoms with E-state index in [1.165, 1.54) is 96.3 Å². The van der Waals surface area contributed by atoms with Gasteiger partial charge in [-0.1, -0.05) is 121 Å². The molecule has 0 N–H and O–H groups in total. The van der Waals surface area contributed by atoms with Crippen LogP contribution in [0.3, 0.4) is 0 Å². The highest BCUT2D eigenvalue weighted by Gasteiger charge is 2.19. The van der Waals surface area contributed by atoms with Gasteiger partial charge in [-0.25, -0.2) is 9.97 Å². The summed E-state index contributed by atoms with van der Waals surface area (Å²) in [4.78, 5) is 8.35. The molecule has 2 aromatic heterocycles. The standard InChI is InChI=1S/C34H60N3O4S2.ClH/c1-3-5-6-7-8-9-10-11-12-13-14-15-16-17-18-19-25-39-29-32(41-34-35-22-20-23-36-34)30-43(38)28-21-26-40-33(4-2)37-24-27-42-31-37;/h20,22-24,27,31-33H,3-19,21,25-26,28-30H2,1-2H3;1H/q+1;/p-1. The minimum atomic E-state index is -1.04. The number of rotatable bonds is 30. The third-order valence-corrected chi connectivity index (χ3v) is 9.77. The number of unbranched alkanes of at least 4 members (excludes halogenated alkanes) is 15. The number of aromatic nitrogens is 3. The van der Waals surface area contributed by atoms with Gasteiger partial charge in [-0.05, 0) is 18.9 Å². The van der Waals surface area contributed by atoms with Crippen LogP contribution in [-0.2, 0) is 20.3 Å². The highest BCUT2D eigenvalue weighted by Crippen LogP contribution is 2.14. The minimum Gasteiger partial charge on any atom is -1.00 e. The molecule has 254 valence electrons. The number of hydrogen-bond donors (Lipinski definition) is 0. The number of halogens is 1. The van der Waals surface area contributed by atoms with Crippen molar-refractivity contribution in [3.05, 3.63) is 35.5 Å². The molecule has 0 aliphatic heterocycles. The molecule has 0 aliphatic rings. The SMILES string of the molecule is CCCCCCCCCCCCCCCCCCOCC(CS(=O)CCCOC(CC)[n+]1ccsc1)Oc1ncccn1.[Cl-]. The van der Waals surface area contributed by atoms with Gasteiger partial charge < -0.3 is 26.6 Å². The fourth-order valence-corrected chi connectivity index (χ4v) is 6.95. The van der Waals surface area contributed by atoms with E-state index in [9.17, 15) is 4.21 Å². The van der Waals surface area contributed by atoms with Crippen LogP contribution in [0.4, 0.5) is 0 Å². The summed E-state index contributed by atoms with van der Waals surface area (Å²) in [5.74, 6) is 0.965. The van der Waals surface area contributed by atoms with Crippen molar-refractivity contribution in [3.8, 4) is 6.01 Å². The summed E-state index contributed by atoms with van der Waals surface area (Å²) < 4.78 is 32.9. The summed E-state index contributed by atoms with van der Waals surface area (Å²) in [5.41, 5.74) is 2.06. The molecule has 0 amide bonds. The first-order chi connectivity index (χ1) is 21.2. The number of thiazole rings is 1. The van der Waals surface area contributed by atoms with Crippen LogP contribution in [0, 0.1) is 0 Å². The maximum Gasteiger partial charge on any atom is 0.316 e. The molecule has 3 unspecified atom stereocenters. The maximum absolute atomic E-state index is 12.9. The molecular formula is C34H60ClN3O4S2. The van der Waals surface area contributed by atoms with Gasteiger partial charge in [0.15, 0.2) is 6.20 Å². The van der Waals surface area contributed by atoms with E-state index in [-0.39, 0.29) is 24.7 Å². The molecule has 0 spiro atoms. The van der Waals surface area contributed by atoms with Crippen LogP contribution in [-0.4, -0.2) is 51.6 Å². The first kappa shape index (κ1) is 40.9. The molecule has 2 aromatic rings. The lowest BCUT2D eigenvalue weighted by Crippen LogP contribution is -3.00. The third-order valence-electron chi connectivity index (χ3n) is 7.63. The van der Waals surface area contributed by atoms with Crippen LogP contribution in [0.25, 0.3) is 0 Å². The predicted octanol–water partition coefficient (Wildman–Crippen LogP) is 5.62. The first-order valence-electron chi connectivity index (χ1n) is 17.1. The van der Waals surface area contributed by atoms with E-state index in [4.69, 9.17) is 14.2 Å². The van der Waals surface area contributed by atoms with Crippen LogP contribution in [0.1, 0.15) is 136 Å². The Balaban J connectivity index is 0.00000968. The lowest BCUT2D eigenvalue weighted by atomic mass is 10.0. The van der Waals surface area contributed by atoms with E-state index in [2.05, 4.69) is 33.9 Å². The van der Waals surface area contributed by atoms with E-state index < -0.39 is 10.8 Å². The highest BCUT2D eigenvalue weighted by molar-refractivity contribution is 7.85. The fourth-order valence-electron chi connectivity index (χ4n) is 5.13. The Kier molecular flexibility index (Phi) is 27.2. The number of nitrogens with zero attached hydrogens (tertiary/aromatic N) is 3. The largest absolute Gasteiger partial charge is 1.00 e. The van der Waals surface area contributed by atoms with Crippen molar-refractivity contribution in [1.82, 2.24) is 9.97 Å². The molecule has 44 heavy (non-hydrogen) atoms. The Morgan fingerprint density at radius 2 is 1.41 bits per heavy atom. The van der Waals surface area contributed by atoms with E-state index in [0.29, 0.717) is 37.3 Å². The van der Waals surface area contributed by atoms with Crippen molar-refractivity contribution in [2.24, 2.45) is 0 Å². The molecule has 2 rings (SSSR count). The topological polar surface area (TPSA) is 74.4 Å². The number of hydrogen-bond acceptors (Lipinski definition) is 7. The zero-order chi connectivity index (χ0) is 30.6. The van der Waals surface area contributed by atoms with Crippen molar-refractivity contribution in [2.45, 2.75) is 142 Å². The monoisotopic (exact) mass is 673 g/mol.